The van der Waals surface area contributed by atoms with E-state index in [-0.39, 0.29) is 5.91 Å². The molecule has 146 valence electrons. The van der Waals surface area contributed by atoms with Crippen LogP contribution in [0.1, 0.15) is 28.5 Å². The van der Waals surface area contributed by atoms with E-state index in [2.05, 4.69) is 10.4 Å². The zero-order valence-corrected chi connectivity index (χ0v) is 16.8. The molecule has 2 aromatic carbocycles. The third-order valence-electron chi connectivity index (χ3n) is 4.10. The molecule has 0 aliphatic heterocycles. The van der Waals surface area contributed by atoms with Gasteiger partial charge < -0.3 is 14.8 Å². The fourth-order valence-electron chi connectivity index (χ4n) is 2.85. The number of amides is 1. The first-order valence-electron chi connectivity index (χ1n) is 8.92. The maximum atomic E-state index is 12.8. The van der Waals surface area contributed by atoms with E-state index in [4.69, 9.17) is 21.1 Å². The van der Waals surface area contributed by atoms with E-state index in [1.165, 1.54) is 7.11 Å². The lowest BCUT2D eigenvalue weighted by atomic mass is 10.2. The minimum atomic E-state index is -0.308. The normalized spacial score (nSPS) is 10.6. The summed E-state index contributed by atoms with van der Waals surface area (Å²) in [4.78, 5) is 12.8. The summed E-state index contributed by atoms with van der Waals surface area (Å²) < 4.78 is 12.6. The second-order valence-corrected chi connectivity index (χ2v) is 6.60. The molecule has 0 unspecified atom stereocenters. The monoisotopic (exact) mass is 399 g/mol. The zero-order valence-electron chi connectivity index (χ0n) is 16.0. The molecule has 0 atom stereocenters. The van der Waals surface area contributed by atoms with Crippen molar-refractivity contribution in [2.75, 3.05) is 19.0 Å². The van der Waals surface area contributed by atoms with Crippen LogP contribution in [-0.2, 0) is 6.54 Å². The quantitative estimate of drug-likeness (QED) is 0.632. The predicted octanol–water partition coefficient (Wildman–Crippen LogP) is 4.55. The number of nitrogens with one attached hydrogen (secondary N) is 1. The lowest BCUT2D eigenvalue weighted by molar-refractivity contribution is 0.102. The van der Waals surface area contributed by atoms with E-state index < -0.39 is 0 Å². The largest absolute Gasteiger partial charge is 0.493 e. The van der Waals surface area contributed by atoms with Crippen molar-refractivity contribution in [3.63, 3.8) is 0 Å². The molecule has 3 aromatic rings. The van der Waals surface area contributed by atoms with Crippen LogP contribution >= 0.6 is 11.6 Å². The second kappa shape index (κ2) is 8.80. The number of anilines is 1. The van der Waals surface area contributed by atoms with Crippen molar-refractivity contribution >= 4 is 23.3 Å². The molecule has 0 fully saturated rings. The molecule has 1 heterocycles. The first-order chi connectivity index (χ1) is 13.5. The second-order valence-electron chi connectivity index (χ2n) is 6.19. The highest BCUT2D eigenvalue weighted by Gasteiger charge is 2.17. The molecule has 0 saturated heterocycles. The van der Waals surface area contributed by atoms with Crippen LogP contribution in [0.25, 0.3) is 0 Å². The molecule has 1 aromatic heterocycles. The van der Waals surface area contributed by atoms with Crippen LogP contribution in [0.5, 0.6) is 11.5 Å². The number of aryl methyl sites for hydroxylation is 1. The number of carbonyl (C=O) groups is 1. The average Bonchev–Trinajstić information content (AvgIpc) is 3.02. The van der Waals surface area contributed by atoms with Crippen LogP contribution in [0.4, 0.5) is 5.82 Å². The molecule has 1 N–H and O–H groups in total. The van der Waals surface area contributed by atoms with Crippen molar-refractivity contribution < 1.29 is 14.3 Å². The molecule has 0 bridgehead atoms. The standard InChI is InChI=1S/C21H22ClN3O3/c1-4-28-20-17(22)11-16(12-18(20)27-3)21(26)23-19-10-14(2)24-25(19)13-15-8-6-5-7-9-15/h5-12H,4,13H2,1-3H3,(H,23,26). The van der Waals surface area contributed by atoms with E-state index >= 15 is 0 Å². The van der Waals surface area contributed by atoms with Gasteiger partial charge in [-0.2, -0.15) is 5.10 Å². The lowest BCUT2D eigenvalue weighted by Crippen LogP contribution is -2.16. The fraction of sp³-hybridized carbons (Fsp3) is 0.238. The van der Waals surface area contributed by atoms with E-state index in [0.29, 0.717) is 41.1 Å². The van der Waals surface area contributed by atoms with Gasteiger partial charge in [0.25, 0.3) is 5.91 Å². The summed E-state index contributed by atoms with van der Waals surface area (Å²) in [7, 11) is 1.51. The Morgan fingerprint density at radius 2 is 1.96 bits per heavy atom. The third kappa shape index (κ3) is 4.46. The summed E-state index contributed by atoms with van der Waals surface area (Å²) in [6, 6.07) is 14.9. The van der Waals surface area contributed by atoms with Crippen LogP contribution in [0.15, 0.2) is 48.5 Å². The van der Waals surface area contributed by atoms with Gasteiger partial charge in [0, 0.05) is 11.6 Å². The number of benzene rings is 2. The number of rotatable bonds is 7. The number of ether oxygens (including phenoxy) is 2. The smallest absolute Gasteiger partial charge is 0.257 e. The molecular weight excluding hydrogens is 378 g/mol. The van der Waals surface area contributed by atoms with Gasteiger partial charge in [0.15, 0.2) is 11.5 Å². The number of methoxy groups -OCH3 is 1. The first kappa shape index (κ1) is 19.8. The Balaban J connectivity index is 1.85. The van der Waals surface area contributed by atoms with E-state index in [1.54, 1.807) is 16.8 Å². The highest BCUT2D eigenvalue weighted by molar-refractivity contribution is 6.32. The van der Waals surface area contributed by atoms with Crippen molar-refractivity contribution in [1.29, 1.82) is 0 Å². The Labute approximate surface area is 169 Å². The van der Waals surface area contributed by atoms with Gasteiger partial charge in [0.1, 0.15) is 5.82 Å². The Bertz CT molecular complexity index is 971. The summed E-state index contributed by atoms with van der Waals surface area (Å²) in [6.45, 7) is 4.73. The highest BCUT2D eigenvalue weighted by atomic mass is 35.5. The molecule has 3 rings (SSSR count). The number of hydrogen-bond acceptors (Lipinski definition) is 4. The van der Waals surface area contributed by atoms with Crippen molar-refractivity contribution in [2.24, 2.45) is 0 Å². The van der Waals surface area contributed by atoms with Gasteiger partial charge in [-0.15, -0.1) is 0 Å². The molecule has 0 radical (unpaired) electrons. The van der Waals surface area contributed by atoms with Gasteiger partial charge in [0.2, 0.25) is 0 Å². The molecule has 6 nitrogen and oxygen atoms in total. The summed E-state index contributed by atoms with van der Waals surface area (Å²) in [5.41, 5.74) is 2.27. The van der Waals surface area contributed by atoms with Crippen LogP contribution in [0, 0.1) is 6.92 Å². The molecular formula is C21H22ClN3O3. The molecule has 28 heavy (non-hydrogen) atoms. The van der Waals surface area contributed by atoms with Crippen molar-refractivity contribution in [2.45, 2.75) is 20.4 Å². The Morgan fingerprint density at radius 3 is 2.64 bits per heavy atom. The van der Waals surface area contributed by atoms with Crippen LogP contribution < -0.4 is 14.8 Å². The van der Waals surface area contributed by atoms with Crippen molar-refractivity contribution in [3.8, 4) is 11.5 Å². The SMILES string of the molecule is CCOc1c(Cl)cc(C(=O)Nc2cc(C)nn2Cc2ccccc2)cc1OC. The Hall–Kier alpha value is -2.99. The average molecular weight is 400 g/mol. The van der Waals surface area contributed by atoms with Gasteiger partial charge in [-0.3, -0.25) is 4.79 Å². The molecule has 1 amide bonds. The maximum Gasteiger partial charge on any atom is 0.257 e. The summed E-state index contributed by atoms with van der Waals surface area (Å²) in [5, 5.41) is 7.70. The zero-order chi connectivity index (χ0) is 20.1. The number of carbonyl (C=O) groups excluding carboxylic acids is 1. The molecule has 0 aliphatic rings. The third-order valence-corrected chi connectivity index (χ3v) is 4.38. The van der Waals surface area contributed by atoms with Crippen molar-refractivity contribution in [1.82, 2.24) is 9.78 Å². The van der Waals surface area contributed by atoms with Crippen LogP contribution in [0.3, 0.4) is 0 Å². The first-order valence-corrected chi connectivity index (χ1v) is 9.29. The topological polar surface area (TPSA) is 65.4 Å². The van der Waals surface area contributed by atoms with Crippen molar-refractivity contribution in [3.05, 3.63) is 70.4 Å². The summed E-state index contributed by atoms with van der Waals surface area (Å²) in [6.07, 6.45) is 0. The summed E-state index contributed by atoms with van der Waals surface area (Å²) in [5.74, 6) is 1.13. The fourth-order valence-corrected chi connectivity index (χ4v) is 3.11. The van der Waals surface area contributed by atoms with E-state index in [0.717, 1.165) is 11.3 Å². The minimum Gasteiger partial charge on any atom is -0.493 e. The highest BCUT2D eigenvalue weighted by Crippen LogP contribution is 2.36. The molecule has 0 saturated carbocycles. The van der Waals surface area contributed by atoms with Crippen LogP contribution in [-0.4, -0.2) is 29.4 Å². The van der Waals surface area contributed by atoms with E-state index in [9.17, 15) is 4.79 Å². The van der Waals surface area contributed by atoms with Gasteiger partial charge >= 0.3 is 0 Å². The maximum absolute atomic E-state index is 12.8. The van der Waals surface area contributed by atoms with Gasteiger partial charge in [-0.1, -0.05) is 41.9 Å². The number of hydrogen-bond donors (Lipinski definition) is 1. The number of halogens is 1. The predicted molar refractivity (Wildman–Crippen MR) is 110 cm³/mol. The molecule has 0 aliphatic carbocycles. The van der Waals surface area contributed by atoms with Gasteiger partial charge in [-0.05, 0) is 31.5 Å². The minimum absolute atomic E-state index is 0.308. The Morgan fingerprint density at radius 1 is 1.21 bits per heavy atom. The Kier molecular flexibility index (Phi) is 6.21. The van der Waals surface area contributed by atoms with Gasteiger partial charge in [-0.25, -0.2) is 4.68 Å². The van der Waals surface area contributed by atoms with Crippen LogP contribution in [0.2, 0.25) is 5.02 Å². The molecule has 7 heteroatoms. The molecule has 0 spiro atoms. The number of nitrogens with zero attached hydrogens (tertiary/aromatic N) is 2. The van der Waals surface area contributed by atoms with E-state index in [1.807, 2.05) is 50.2 Å². The van der Waals surface area contributed by atoms with Gasteiger partial charge in [0.05, 0.1) is 31.0 Å². The summed E-state index contributed by atoms with van der Waals surface area (Å²) >= 11 is 6.28. The lowest BCUT2D eigenvalue weighted by Gasteiger charge is -2.13. The number of aromatic nitrogens is 2.